The maximum atomic E-state index is 13.0. The normalized spacial score (nSPS) is 15.2. The molecule has 4 rings (SSSR count). The fourth-order valence-corrected chi connectivity index (χ4v) is 5.35. The predicted molar refractivity (Wildman–Crippen MR) is 118 cm³/mol. The molecule has 10 heteroatoms. The molecule has 0 radical (unpaired) electrons. The minimum absolute atomic E-state index is 0.00410. The van der Waals surface area contributed by atoms with Gasteiger partial charge in [0, 0.05) is 30.3 Å². The number of sulfonamides is 1. The van der Waals surface area contributed by atoms with Gasteiger partial charge in [-0.15, -0.1) is 0 Å². The molecule has 2 heterocycles. The summed E-state index contributed by atoms with van der Waals surface area (Å²) in [5, 5.41) is 19.1. The molecule has 0 atom stereocenters. The van der Waals surface area contributed by atoms with E-state index in [2.05, 4.69) is 20.5 Å². The Bertz CT molecular complexity index is 1290. The van der Waals surface area contributed by atoms with Gasteiger partial charge in [0.15, 0.2) is 5.82 Å². The molecule has 1 amide bonds. The van der Waals surface area contributed by atoms with Crippen molar-refractivity contribution in [2.75, 3.05) is 18.4 Å². The van der Waals surface area contributed by atoms with Crippen LogP contribution in [0.3, 0.4) is 0 Å². The molecule has 0 aliphatic carbocycles. The van der Waals surface area contributed by atoms with Crippen molar-refractivity contribution in [1.29, 1.82) is 5.26 Å². The summed E-state index contributed by atoms with van der Waals surface area (Å²) in [5.74, 6) is 0.799. The van der Waals surface area contributed by atoms with Gasteiger partial charge in [0.2, 0.25) is 15.9 Å². The molecule has 0 bridgehead atoms. The molecular formula is C22H22N6O3S. The molecule has 1 fully saturated rings. The minimum atomic E-state index is -3.78. The minimum Gasteiger partial charge on any atom is -0.326 e. The second-order valence-electron chi connectivity index (χ2n) is 7.60. The SMILES string of the molecule is Cc1nc(-c2cccc(NC(=O)C3CCN(S(=O)(=O)c4ccccc4C#N)CC3)c2)n[nH]1. The highest BCUT2D eigenvalue weighted by atomic mass is 32.2. The van der Waals surface area contributed by atoms with Crippen LogP contribution in [0, 0.1) is 24.2 Å². The van der Waals surface area contributed by atoms with E-state index in [0.29, 0.717) is 30.2 Å². The highest BCUT2D eigenvalue weighted by molar-refractivity contribution is 7.89. The van der Waals surface area contributed by atoms with Crippen molar-refractivity contribution in [2.24, 2.45) is 5.92 Å². The zero-order chi connectivity index (χ0) is 22.7. The Balaban J connectivity index is 1.41. The molecule has 1 aliphatic heterocycles. The number of benzene rings is 2. The van der Waals surface area contributed by atoms with E-state index in [1.807, 2.05) is 25.1 Å². The molecule has 3 aromatic rings. The number of aryl methyl sites for hydroxylation is 1. The van der Waals surface area contributed by atoms with Crippen molar-refractivity contribution in [2.45, 2.75) is 24.7 Å². The standard InChI is InChI=1S/C22H22N6O3S/c1-15-24-21(27-26-15)17-6-4-7-19(13-17)25-22(29)16-9-11-28(12-10-16)32(30,31)20-8-3-2-5-18(20)14-23/h2-8,13,16H,9-12H2,1H3,(H,25,29)(H,24,26,27). The van der Waals surface area contributed by atoms with Gasteiger partial charge in [-0.25, -0.2) is 13.4 Å². The monoisotopic (exact) mass is 450 g/mol. The van der Waals surface area contributed by atoms with E-state index in [1.165, 1.54) is 16.4 Å². The van der Waals surface area contributed by atoms with Gasteiger partial charge in [0.25, 0.3) is 0 Å². The zero-order valence-electron chi connectivity index (χ0n) is 17.4. The number of aromatic nitrogens is 3. The van der Waals surface area contributed by atoms with Crippen LogP contribution in [0.25, 0.3) is 11.4 Å². The number of nitrogens with one attached hydrogen (secondary N) is 2. The van der Waals surface area contributed by atoms with Crippen LogP contribution in [-0.2, 0) is 14.8 Å². The number of rotatable bonds is 5. The van der Waals surface area contributed by atoms with Gasteiger partial charge in [-0.1, -0.05) is 24.3 Å². The number of aromatic amines is 1. The van der Waals surface area contributed by atoms with Crippen LogP contribution in [-0.4, -0.2) is 46.9 Å². The molecule has 0 spiro atoms. The summed E-state index contributed by atoms with van der Waals surface area (Å²) < 4.78 is 27.3. The molecule has 2 aromatic carbocycles. The number of amides is 1. The predicted octanol–water partition coefficient (Wildman–Crippen LogP) is 2.69. The number of carbonyl (C=O) groups excluding carboxylic acids is 1. The summed E-state index contributed by atoms with van der Waals surface area (Å²) in [6, 6.07) is 15.4. The summed E-state index contributed by atoms with van der Waals surface area (Å²) >= 11 is 0. The summed E-state index contributed by atoms with van der Waals surface area (Å²) in [6.45, 7) is 2.25. The van der Waals surface area contributed by atoms with Crippen LogP contribution in [0.5, 0.6) is 0 Å². The van der Waals surface area contributed by atoms with Crippen LogP contribution in [0.2, 0.25) is 0 Å². The number of carbonyl (C=O) groups is 1. The van der Waals surface area contributed by atoms with Crippen molar-refractivity contribution in [3.05, 3.63) is 59.9 Å². The first-order chi connectivity index (χ1) is 15.4. The number of H-pyrrole nitrogens is 1. The van der Waals surface area contributed by atoms with E-state index < -0.39 is 10.0 Å². The largest absolute Gasteiger partial charge is 0.326 e. The van der Waals surface area contributed by atoms with Crippen molar-refractivity contribution >= 4 is 21.6 Å². The molecule has 1 aromatic heterocycles. The third-order valence-corrected chi connectivity index (χ3v) is 7.39. The van der Waals surface area contributed by atoms with Gasteiger partial charge < -0.3 is 5.32 Å². The second kappa shape index (κ2) is 8.90. The van der Waals surface area contributed by atoms with Gasteiger partial charge in [-0.2, -0.15) is 14.7 Å². The Morgan fingerprint density at radius 2 is 1.94 bits per heavy atom. The first-order valence-corrected chi connectivity index (χ1v) is 11.6. The fraction of sp³-hybridized carbons (Fsp3) is 0.273. The highest BCUT2D eigenvalue weighted by Gasteiger charge is 2.33. The van der Waals surface area contributed by atoms with Crippen LogP contribution in [0.15, 0.2) is 53.4 Å². The Morgan fingerprint density at radius 3 is 2.62 bits per heavy atom. The maximum Gasteiger partial charge on any atom is 0.244 e. The van der Waals surface area contributed by atoms with E-state index in [0.717, 1.165) is 5.56 Å². The third kappa shape index (κ3) is 4.39. The molecule has 164 valence electrons. The molecule has 0 saturated carbocycles. The van der Waals surface area contributed by atoms with E-state index in [-0.39, 0.29) is 35.4 Å². The summed E-state index contributed by atoms with van der Waals surface area (Å²) in [7, 11) is -3.78. The summed E-state index contributed by atoms with van der Waals surface area (Å²) in [6.07, 6.45) is 0.805. The van der Waals surface area contributed by atoms with Gasteiger partial charge >= 0.3 is 0 Å². The van der Waals surface area contributed by atoms with Crippen LogP contribution >= 0.6 is 0 Å². The number of hydrogen-bond donors (Lipinski definition) is 2. The number of hydrogen-bond acceptors (Lipinski definition) is 6. The lowest BCUT2D eigenvalue weighted by Crippen LogP contribution is -2.41. The molecule has 32 heavy (non-hydrogen) atoms. The van der Waals surface area contributed by atoms with Gasteiger partial charge in [-0.05, 0) is 44.0 Å². The van der Waals surface area contributed by atoms with Crippen molar-refractivity contribution < 1.29 is 13.2 Å². The number of piperidine rings is 1. The second-order valence-corrected chi connectivity index (χ2v) is 9.51. The van der Waals surface area contributed by atoms with E-state index in [1.54, 1.807) is 24.3 Å². The van der Waals surface area contributed by atoms with Gasteiger partial charge in [-0.3, -0.25) is 9.89 Å². The van der Waals surface area contributed by atoms with E-state index in [4.69, 9.17) is 0 Å². The lowest BCUT2D eigenvalue weighted by molar-refractivity contribution is -0.120. The number of nitriles is 1. The Morgan fingerprint density at radius 1 is 1.19 bits per heavy atom. The van der Waals surface area contributed by atoms with E-state index >= 15 is 0 Å². The molecule has 2 N–H and O–H groups in total. The molecule has 0 unspecified atom stereocenters. The average molecular weight is 451 g/mol. The fourth-order valence-electron chi connectivity index (χ4n) is 3.73. The summed E-state index contributed by atoms with van der Waals surface area (Å²) in [5.41, 5.74) is 1.53. The lowest BCUT2D eigenvalue weighted by atomic mass is 9.97. The Labute approximate surface area is 186 Å². The number of anilines is 1. The molecule has 1 aliphatic rings. The van der Waals surface area contributed by atoms with Crippen molar-refractivity contribution in [1.82, 2.24) is 19.5 Å². The van der Waals surface area contributed by atoms with Gasteiger partial charge in [0.1, 0.15) is 11.9 Å². The topological polar surface area (TPSA) is 132 Å². The van der Waals surface area contributed by atoms with Crippen molar-refractivity contribution in [3.8, 4) is 17.5 Å². The lowest BCUT2D eigenvalue weighted by Gasteiger charge is -2.30. The molecule has 9 nitrogen and oxygen atoms in total. The molecular weight excluding hydrogens is 428 g/mol. The number of nitrogens with zero attached hydrogens (tertiary/aromatic N) is 4. The Kier molecular flexibility index (Phi) is 6.03. The highest BCUT2D eigenvalue weighted by Crippen LogP contribution is 2.27. The first-order valence-electron chi connectivity index (χ1n) is 10.2. The summed E-state index contributed by atoms with van der Waals surface area (Å²) in [4.78, 5) is 17.1. The third-order valence-electron chi connectivity index (χ3n) is 5.44. The molecule has 1 saturated heterocycles. The van der Waals surface area contributed by atoms with Crippen molar-refractivity contribution in [3.63, 3.8) is 0 Å². The maximum absolute atomic E-state index is 13.0. The first kappa shape index (κ1) is 21.7. The van der Waals surface area contributed by atoms with Crippen LogP contribution in [0.1, 0.15) is 24.2 Å². The van der Waals surface area contributed by atoms with Crippen LogP contribution < -0.4 is 5.32 Å². The zero-order valence-corrected chi connectivity index (χ0v) is 18.3. The smallest absolute Gasteiger partial charge is 0.244 e. The van der Waals surface area contributed by atoms with Gasteiger partial charge in [0.05, 0.1) is 10.5 Å². The van der Waals surface area contributed by atoms with E-state index in [9.17, 15) is 18.5 Å². The Hall–Kier alpha value is -3.55. The quantitative estimate of drug-likeness (QED) is 0.614. The average Bonchev–Trinajstić information content (AvgIpc) is 3.25. The van der Waals surface area contributed by atoms with Crippen LogP contribution in [0.4, 0.5) is 5.69 Å².